The molecule has 2 aromatic heterocycles. The van der Waals surface area contributed by atoms with Crippen molar-refractivity contribution in [3.63, 3.8) is 0 Å². The number of pyridine rings is 1. The van der Waals surface area contributed by atoms with Gasteiger partial charge in [-0.1, -0.05) is 18.2 Å². The van der Waals surface area contributed by atoms with E-state index in [1.807, 2.05) is 18.2 Å². The van der Waals surface area contributed by atoms with Gasteiger partial charge in [0.05, 0.1) is 16.6 Å². The molecule has 0 amide bonds. The number of hydrogen-bond donors (Lipinski definition) is 0. The van der Waals surface area contributed by atoms with Gasteiger partial charge in [0, 0.05) is 12.7 Å². The van der Waals surface area contributed by atoms with Crippen molar-refractivity contribution in [1.29, 1.82) is 0 Å². The summed E-state index contributed by atoms with van der Waals surface area (Å²) in [5.74, 6) is -0.320. The van der Waals surface area contributed by atoms with Crippen LogP contribution in [0.2, 0.25) is 0 Å². The molecule has 1 saturated heterocycles. The Labute approximate surface area is 156 Å². The molecule has 1 aromatic carbocycles. The first-order valence-corrected chi connectivity index (χ1v) is 10.6. The van der Waals surface area contributed by atoms with E-state index in [2.05, 4.69) is 4.98 Å². The highest BCUT2D eigenvalue weighted by Gasteiger charge is 2.37. The van der Waals surface area contributed by atoms with Crippen LogP contribution in [0, 0.1) is 5.82 Å². The number of hydrogen-bond acceptors (Lipinski definition) is 4. The lowest BCUT2D eigenvalue weighted by Crippen LogP contribution is -2.30. The molecule has 1 aliphatic heterocycles. The highest BCUT2D eigenvalue weighted by Crippen LogP contribution is 2.39. The Morgan fingerprint density at radius 2 is 1.88 bits per heavy atom. The van der Waals surface area contributed by atoms with Crippen molar-refractivity contribution in [3.8, 4) is 10.6 Å². The van der Waals surface area contributed by atoms with E-state index in [1.165, 1.54) is 27.8 Å². The van der Waals surface area contributed by atoms with Gasteiger partial charge < -0.3 is 0 Å². The van der Waals surface area contributed by atoms with Gasteiger partial charge in [0.2, 0.25) is 0 Å². The second-order valence-electron chi connectivity index (χ2n) is 6.16. The molecule has 0 bridgehead atoms. The quantitative estimate of drug-likeness (QED) is 0.662. The third-order valence-corrected chi connectivity index (χ3v) is 8.00. The largest absolute Gasteiger partial charge is 0.255 e. The van der Waals surface area contributed by atoms with Gasteiger partial charge in [0.15, 0.2) is 0 Å². The van der Waals surface area contributed by atoms with Crippen LogP contribution in [0.5, 0.6) is 0 Å². The van der Waals surface area contributed by atoms with Gasteiger partial charge in [0.1, 0.15) is 10.0 Å². The molecule has 1 atom stereocenters. The first kappa shape index (κ1) is 17.3. The lowest BCUT2D eigenvalue weighted by molar-refractivity contribution is 0.397. The minimum atomic E-state index is -3.60. The number of aromatic nitrogens is 1. The van der Waals surface area contributed by atoms with E-state index in [4.69, 9.17) is 0 Å². The second kappa shape index (κ2) is 6.90. The Kier molecular flexibility index (Phi) is 4.60. The third-order valence-electron chi connectivity index (χ3n) is 4.52. The van der Waals surface area contributed by atoms with Crippen LogP contribution < -0.4 is 0 Å². The molecule has 4 rings (SSSR count). The first-order valence-electron chi connectivity index (χ1n) is 8.34. The SMILES string of the molecule is O=S(=O)(c1ccc(-c2ccccn2)s1)N1CCC[C@@H]1c1ccc(F)cc1. The van der Waals surface area contributed by atoms with E-state index in [-0.39, 0.29) is 11.9 Å². The normalized spacial score (nSPS) is 18.3. The number of thiophene rings is 1. The fourth-order valence-electron chi connectivity index (χ4n) is 3.27. The zero-order valence-corrected chi connectivity index (χ0v) is 15.5. The minimum Gasteiger partial charge on any atom is -0.255 e. The number of nitrogens with zero attached hydrogens (tertiary/aromatic N) is 2. The highest BCUT2D eigenvalue weighted by molar-refractivity contribution is 7.91. The highest BCUT2D eigenvalue weighted by atomic mass is 32.2. The van der Waals surface area contributed by atoms with Crippen molar-refractivity contribution in [2.45, 2.75) is 23.1 Å². The number of benzene rings is 1. The van der Waals surface area contributed by atoms with Crippen molar-refractivity contribution >= 4 is 21.4 Å². The molecule has 0 aliphatic carbocycles. The van der Waals surface area contributed by atoms with Crippen molar-refractivity contribution in [3.05, 3.63) is 72.2 Å². The van der Waals surface area contributed by atoms with Crippen LogP contribution >= 0.6 is 11.3 Å². The summed E-state index contributed by atoms with van der Waals surface area (Å²) in [6.07, 6.45) is 3.22. The maximum atomic E-state index is 13.2. The molecule has 3 aromatic rings. The summed E-state index contributed by atoms with van der Waals surface area (Å²) in [4.78, 5) is 5.10. The molecular formula is C19H17FN2O2S2. The zero-order valence-electron chi connectivity index (χ0n) is 13.9. The Morgan fingerprint density at radius 1 is 1.08 bits per heavy atom. The van der Waals surface area contributed by atoms with Gasteiger partial charge in [-0.25, -0.2) is 12.8 Å². The average Bonchev–Trinajstić information content (AvgIpc) is 3.33. The molecule has 3 heterocycles. The molecule has 1 fully saturated rings. The summed E-state index contributed by atoms with van der Waals surface area (Å²) in [7, 11) is -3.60. The predicted molar refractivity (Wildman–Crippen MR) is 99.8 cm³/mol. The molecule has 0 radical (unpaired) electrons. The first-order chi connectivity index (χ1) is 12.6. The molecule has 0 spiro atoms. The minimum absolute atomic E-state index is 0.249. The van der Waals surface area contributed by atoms with E-state index in [1.54, 1.807) is 30.5 Å². The van der Waals surface area contributed by atoms with E-state index in [9.17, 15) is 12.8 Å². The van der Waals surface area contributed by atoms with Crippen LogP contribution in [0.4, 0.5) is 4.39 Å². The van der Waals surface area contributed by atoms with Crippen LogP contribution in [-0.2, 0) is 10.0 Å². The molecule has 134 valence electrons. The molecule has 26 heavy (non-hydrogen) atoms. The van der Waals surface area contributed by atoms with Crippen LogP contribution in [0.1, 0.15) is 24.4 Å². The Hall–Kier alpha value is -2.09. The van der Waals surface area contributed by atoms with Gasteiger partial charge in [-0.3, -0.25) is 4.98 Å². The Morgan fingerprint density at radius 3 is 2.62 bits per heavy atom. The Bertz CT molecular complexity index is 1000. The topological polar surface area (TPSA) is 50.3 Å². The lowest BCUT2D eigenvalue weighted by atomic mass is 10.1. The number of rotatable bonds is 4. The van der Waals surface area contributed by atoms with Crippen molar-refractivity contribution < 1.29 is 12.8 Å². The van der Waals surface area contributed by atoms with E-state index < -0.39 is 10.0 Å². The fourth-order valence-corrected chi connectivity index (χ4v) is 6.36. The van der Waals surface area contributed by atoms with E-state index >= 15 is 0 Å². The van der Waals surface area contributed by atoms with Crippen LogP contribution in [0.15, 0.2) is 65.0 Å². The molecule has 0 unspecified atom stereocenters. The van der Waals surface area contributed by atoms with E-state index in [0.717, 1.165) is 29.0 Å². The summed E-state index contributed by atoms with van der Waals surface area (Å²) >= 11 is 1.23. The molecule has 7 heteroatoms. The maximum Gasteiger partial charge on any atom is 0.253 e. The number of sulfonamides is 1. The monoisotopic (exact) mass is 388 g/mol. The molecule has 0 saturated carbocycles. The van der Waals surface area contributed by atoms with Crippen LogP contribution in [-0.4, -0.2) is 24.3 Å². The maximum absolute atomic E-state index is 13.2. The summed E-state index contributed by atoms with van der Waals surface area (Å²) in [5, 5.41) is 0. The standard InChI is InChI=1S/C19H17FN2O2S2/c20-15-8-6-14(7-9-15)17-5-3-13-22(17)26(23,24)19-11-10-18(25-19)16-4-1-2-12-21-16/h1-2,4,6-12,17H,3,5,13H2/t17-/m1/s1. The average molecular weight is 388 g/mol. The molecular weight excluding hydrogens is 371 g/mol. The van der Waals surface area contributed by atoms with Gasteiger partial charge in [-0.15, -0.1) is 11.3 Å². The van der Waals surface area contributed by atoms with Crippen molar-refractivity contribution in [1.82, 2.24) is 9.29 Å². The van der Waals surface area contributed by atoms with Gasteiger partial charge in [0.25, 0.3) is 10.0 Å². The van der Waals surface area contributed by atoms with Crippen LogP contribution in [0.3, 0.4) is 0 Å². The predicted octanol–water partition coefficient (Wildman–Crippen LogP) is 4.48. The zero-order chi connectivity index (χ0) is 18.1. The molecule has 1 aliphatic rings. The Balaban J connectivity index is 1.65. The fraction of sp³-hybridized carbons (Fsp3) is 0.211. The molecule has 4 nitrogen and oxygen atoms in total. The third kappa shape index (κ3) is 3.18. The summed E-state index contributed by atoms with van der Waals surface area (Å²) in [5.41, 5.74) is 1.59. The molecule has 0 N–H and O–H groups in total. The number of halogens is 1. The van der Waals surface area contributed by atoms with Gasteiger partial charge in [-0.05, 0) is 54.8 Å². The summed E-state index contributed by atoms with van der Waals surface area (Å²) in [6, 6.07) is 14.8. The summed E-state index contributed by atoms with van der Waals surface area (Å²) < 4.78 is 41.4. The van der Waals surface area contributed by atoms with Crippen molar-refractivity contribution in [2.75, 3.05) is 6.54 Å². The van der Waals surface area contributed by atoms with Gasteiger partial charge in [-0.2, -0.15) is 4.31 Å². The van der Waals surface area contributed by atoms with Crippen molar-refractivity contribution in [2.24, 2.45) is 0 Å². The summed E-state index contributed by atoms with van der Waals surface area (Å²) in [6.45, 7) is 0.473. The van der Waals surface area contributed by atoms with Gasteiger partial charge >= 0.3 is 0 Å². The lowest BCUT2D eigenvalue weighted by Gasteiger charge is -2.23. The smallest absolute Gasteiger partial charge is 0.253 e. The van der Waals surface area contributed by atoms with E-state index in [0.29, 0.717) is 10.8 Å². The second-order valence-corrected chi connectivity index (χ2v) is 9.36. The van der Waals surface area contributed by atoms with Crippen LogP contribution in [0.25, 0.3) is 10.6 Å².